The Balaban J connectivity index is 2.07. The molecular formula is C12H15F2NO. The van der Waals surface area contributed by atoms with Crippen molar-refractivity contribution in [3.63, 3.8) is 0 Å². The zero-order valence-corrected chi connectivity index (χ0v) is 8.92. The second-order valence-electron chi connectivity index (χ2n) is 4.23. The Morgan fingerprint density at radius 3 is 2.62 bits per heavy atom. The molecule has 2 atom stereocenters. The summed E-state index contributed by atoms with van der Waals surface area (Å²) in [6, 6.07) is 3.29. The molecule has 16 heavy (non-hydrogen) atoms. The summed E-state index contributed by atoms with van der Waals surface area (Å²) in [6.07, 6.45) is 3.14. The Morgan fingerprint density at radius 2 is 1.94 bits per heavy atom. The minimum atomic E-state index is -0.613. The van der Waals surface area contributed by atoms with Crippen molar-refractivity contribution in [1.82, 2.24) is 0 Å². The highest BCUT2D eigenvalue weighted by molar-refractivity contribution is 5.45. The maximum Gasteiger partial charge on any atom is 0.149 e. The molecule has 0 spiro atoms. The predicted octanol–water partition coefficient (Wildman–Crippen LogP) is 2.68. The molecule has 0 bridgehead atoms. The van der Waals surface area contributed by atoms with Crippen molar-refractivity contribution in [2.75, 3.05) is 5.32 Å². The molecule has 1 saturated carbocycles. The number of aliphatic hydroxyl groups excluding tert-OH is 1. The fourth-order valence-electron chi connectivity index (χ4n) is 2.09. The Labute approximate surface area is 93.3 Å². The van der Waals surface area contributed by atoms with Crippen LogP contribution >= 0.6 is 0 Å². The van der Waals surface area contributed by atoms with E-state index in [1.165, 1.54) is 12.1 Å². The Bertz CT molecular complexity index is 370. The molecule has 4 heteroatoms. The molecule has 2 N–H and O–H groups in total. The third-order valence-electron chi connectivity index (χ3n) is 3.00. The van der Waals surface area contributed by atoms with E-state index in [-0.39, 0.29) is 11.7 Å². The molecule has 88 valence electrons. The van der Waals surface area contributed by atoms with Gasteiger partial charge in [0.15, 0.2) is 0 Å². The first-order valence-electron chi connectivity index (χ1n) is 5.56. The molecule has 1 fully saturated rings. The van der Waals surface area contributed by atoms with Gasteiger partial charge in [0.1, 0.15) is 11.6 Å². The number of halogens is 2. The SMILES string of the molecule is OC1CCCCC1Nc1ccc(F)cc1F. The zero-order valence-electron chi connectivity index (χ0n) is 8.92. The summed E-state index contributed by atoms with van der Waals surface area (Å²) in [5.74, 6) is -1.20. The molecule has 1 aliphatic carbocycles. The number of rotatable bonds is 2. The van der Waals surface area contributed by atoms with E-state index in [0.717, 1.165) is 31.7 Å². The molecule has 0 aromatic heterocycles. The summed E-state index contributed by atoms with van der Waals surface area (Å²) in [6.45, 7) is 0. The monoisotopic (exact) mass is 227 g/mol. The lowest BCUT2D eigenvalue weighted by Gasteiger charge is -2.29. The average molecular weight is 227 g/mol. The largest absolute Gasteiger partial charge is 0.391 e. The number of hydrogen-bond donors (Lipinski definition) is 2. The van der Waals surface area contributed by atoms with Crippen LogP contribution in [0, 0.1) is 11.6 Å². The number of hydrogen-bond acceptors (Lipinski definition) is 2. The van der Waals surface area contributed by atoms with Crippen LogP contribution in [0.15, 0.2) is 18.2 Å². The summed E-state index contributed by atoms with van der Waals surface area (Å²) in [7, 11) is 0. The maximum atomic E-state index is 13.3. The van der Waals surface area contributed by atoms with Gasteiger partial charge in [-0.25, -0.2) is 8.78 Å². The number of nitrogens with one attached hydrogen (secondary N) is 1. The standard InChI is InChI=1S/C12H15F2NO/c13-8-5-6-10(9(14)7-8)15-11-3-1-2-4-12(11)16/h5-7,11-12,15-16H,1-4H2. The van der Waals surface area contributed by atoms with Crippen LogP contribution in [-0.2, 0) is 0 Å². The van der Waals surface area contributed by atoms with E-state index in [1.54, 1.807) is 0 Å². The van der Waals surface area contributed by atoms with Gasteiger partial charge in [0.25, 0.3) is 0 Å². The molecule has 1 aromatic rings. The number of benzene rings is 1. The first-order valence-corrected chi connectivity index (χ1v) is 5.56. The van der Waals surface area contributed by atoms with Crippen molar-refractivity contribution >= 4 is 5.69 Å². The molecule has 0 aliphatic heterocycles. The van der Waals surface area contributed by atoms with E-state index >= 15 is 0 Å². The molecule has 2 unspecified atom stereocenters. The summed E-state index contributed by atoms with van der Waals surface area (Å²) in [4.78, 5) is 0. The lowest BCUT2D eigenvalue weighted by molar-refractivity contribution is 0.116. The van der Waals surface area contributed by atoms with Gasteiger partial charge in [-0.1, -0.05) is 12.8 Å². The van der Waals surface area contributed by atoms with Crippen molar-refractivity contribution in [3.05, 3.63) is 29.8 Å². The second kappa shape index (κ2) is 4.78. The fourth-order valence-corrected chi connectivity index (χ4v) is 2.09. The molecule has 2 rings (SSSR count). The minimum Gasteiger partial charge on any atom is -0.391 e. The van der Waals surface area contributed by atoms with Crippen LogP contribution in [0.4, 0.5) is 14.5 Å². The Morgan fingerprint density at radius 1 is 1.19 bits per heavy atom. The van der Waals surface area contributed by atoms with Crippen LogP contribution in [0.25, 0.3) is 0 Å². The van der Waals surface area contributed by atoms with Crippen LogP contribution < -0.4 is 5.32 Å². The van der Waals surface area contributed by atoms with Gasteiger partial charge in [-0.15, -0.1) is 0 Å². The number of anilines is 1. The first kappa shape index (κ1) is 11.3. The molecule has 0 saturated heterocycles. The molecule has 2 nitrogen and oxygen atoms in total. The molecular weight excluding hydrogens is 212 g/mol. The van der Waals surface area contributed by atoms with E-state index in [0.29, 0.717) is 0 Å². The summed E-state index contributed by atoms with van der Waals surface area (Å²) in [5.41, 5.74) is 0.257. The molecule has 1 aliphatic rings. The lowest BCUT2D eigenvalue weighted by atomic mass is 9.92. The van der Waals surface area contributed by atoms with E-state index in [4.69, 9.17) is 0 Å². The van der Waals surface area contributed by atoms with Gasteiger partial charge in [-0.3, -0.25) is 0 Å². The summed E-state index contributed by atoms with van der Waals surface area (Å²) >= 11 is 0. The van der Waals surface area contributed by atoms with Gasteiger partial charge in [-0.05, 0) is 25.0 Å². The van der Waals surface area contributed by atoms with E-state index in [1.807, 2.05) is 0 Å². The summed E-state index contributed by atoms with van der Waals surface area (Å²) < 4.78 is 26.0. The maximum absolute atomic E-state index is 13.3. The highest BCUT2D eigenvalue weighted by atomic mass is 19.1. The van der Waals surface area contributed by atoms with Gasteiger partial charge >= 0.3 is 0 Å². The molecule has 0 amide bonds. The van der Waals surface area contributed by atoms with Crippen LogP contribution in [0.3, 0.4) is 0 Å². The van der Waals surface area contributed by atoms with Crippen molar-refractivity contribution < 1.29 is 13.9 Å². The zero-order chi connectivity index (χ0) is 11.5. The Kier molecular flexibility index (Phi) is 3.39. The topological polar surface area (TPSA) is 32.3 Å². The smallest absolute Gasteiger partial charge is 0.149 e. The van der Waals surface area contributed by atoms with Crippen LogP contribution in [-0.4, -0.2) is 17.3 Å². The second-order valence-corrected chi connectivity index (χ2v) is 4.23. The van der Waals surface area contributed by atoms with Crippen molar-refractivity contribution in [3.8, 4) is 0 Å². The van der Waals surface area contributed by atoms with E-state index in [9.17, 15) is 13.9 Å². The average Bonchev–Trinajstić information content (AvgIpc) is 2.25. The van der Waals surface area contributed by atoms with Crippen LogP contribution in [0.1, 0.15) is 25.7 Å². The normalized spacial score (nSPS) is 25.4. The van der Waals surface area contributed by atoms with Gasteiger partial charge < -0.3 is 10.4 Å². The molecule has 0 heterocycles. The predicted molar refractivity (Wildman–Crippen MR) is 58.2 cm³/mol. The van der Waals surface area contributed by atoms with E-state index in [2.05, 4.69) is 5.32 Å². The lowest BCUT2D eigenvalue weighted by Crippen LogP contribution is -2.36. The highest BCUT2D eigenvalue weighted by Gasteiger charge is 2.23. The summed E-state index contributed by atoms with van der Waals surface area (Å²) in [5, 5.41) is 12.7. The van der Waals surface area contributed by atoms with Gasteiger partial charge in [0.05, 0.1) is 17.8 Å². The van der Waals surface area contributed by atoms with Gasteiger partial charge in [0, 0.05) is 6.07 Å². The Hall–Kier alpha value is -1.16. The minimum absolute atomic E-state index is 0.131. The van der Waals surface area contributed by atoms with Crippen LogP contribution in [0.5, 0.6) is 0 Å². The molecule has 1 aromatic carbocycles. The number of aliphatic hydroxyl groups is 1. The highest BCUT2D eigenvalue weighted by Crippen LogP contribution is 2.24. The van der Waals surface area contributed by atoms with Gasteiger partial charge in [0.2, 0.25) is 0 Å². The quantitative estimate of drug-likeness (QED) is 0.814. The molecule has 0 radical (unpaired) electrons. The van der Waals surface area contributed by atoms with Gasteiger partial charge in [-0.2, -0.15) is 0 Å². The first-order chi connectivity index (χ1) is 7.66. The fraction of sp³-hybridized carbons (Fsp3) is 0.500. The van der Waals surface area contributed by atoms with Crippen molar-refractivity contribution in [2.24, 2.45) is 0 Å². The van der Waals surface area contributed by atoms with E-state index < -0.39 is 17.7 Å². The van der Waals surface area contributed by atoms with Crippen molar-refractivity contribution in [2.45, 2.75) is 37.8 Å². The van der Waals surface area contributed by atoms with Crippen LogP contribution in [0.2, 0.25) is 0 Å². The van der Waals surface area contributed by atoms with Crippen molar-refractivity contribution in [1.29, 1.82) is 0 Å². The third kappa shape index (κ3) is 2.50. The third-order valence-corrected chi connectivity index (χ3v) is 3.00.